The summed E-state index contributed by atoms with van der Waals surface area (Å²) < 4.78 is 1.52. The van der Waals surface area contributed by atoms with E-state index in [4.69, 9.17) is 0 Å². The quantitative estimate of drug-likeness (QED) is 0.845. The highest BCUT2D eigenvalue weighted by Crippen LogP contribution is 2.26. The van der Waals surface area contributed by atoms with Crippen molar-refractivity contribution in [1.82, 2.24) is 9.78 Å². The third-order valence-corrected chi connectivity index (χ3v) is 3.77. The predicted molar refractivity (Wildman–Crippen MR) is 71.4 cm³/mol. The monoisotopic (exact) mass is 264 g/mol. The lowest BCUT2D eigenvalue weighted by Gasteiger charge is -2.21. The fourth-order valence-electron chi connectivity index (χ4n) is 2.66. The number of aryl methyl sites for hydroxylation is 1. The van der Waals surface area contributed by atoms with Crippen LogP contribution in [0.25, 0.3) is 0 Å². The molecule has 0 aromatic carbocycles. The number of hydrogen-bond acceptors (Lipinski definition) is 4. The Kier molecular flexibility index (Phi) is 4.35. The maximum absolute atomic E-state index is 11.5. The Balaban J connectivity index is 2.07. The minimum absolute atomic E-state index is 0.177. The van der Waals surface area contributed by atoms with E-state index in [1.807, 2.05) is 0 Å². The molecule has 0 aliphatic heterocycles. The molecule has 0 spiro atoms. The highest BCUT2D eigenvalue weighted by Gasteiger charge is 2.15. The Bertz CT molecular complexity index is 516. The molecule has 19 heavy (non-hydrogen) atoms. The van der Waals surface area contributed by atoms with Crippen LogP contribution in [0.3, 0.4) is 0 Å². The van der Waals surface area contributed by atoms with Gasteiger partial charge in [0.15, 0.2) is 17.2 Å². The van der Waals surface area contributed by atoms with Gasteiger partial charge < -0.3 is 5.11 Å². The zero-order valence-electron chi connectivity index (χ0n) is 11.3. The molecule has 1 saturated carbocycles. The van der Waals surface area contributed by atoms with Crippen LogP contribution < -0.4 is 5.43 Å². The molecular formula is C14H20N2O3. The van der Waals surface area contributed by atoms with Crippen LogP contribution in [-0.4, -0.2) is 20.7 Å². The summed E-state index contributed by atoms with van der Waals surface area (Å²) in [6.07, 6.45) is 8.67. The van der Waals surface area contributed by atoms with Crippen molar-refractivity contribution >= 4 is 5.78 Å². The zero-order valence-corrected chi connectivity index (χ0v) is 11.3. The van der Waals surface area contributed by atoms with Crippen LogP contribution in [0.15, 0.2) is 11.0 Å². The number of ketones is 1. The molecule has 0 saturated heterocycles. The highest BCUT2D eigenvalue weighted by atomic mass is 16.3. The van der Waals surface area contributed by atoms with Gasteiger partial charge in [-0.15, -0.1) is 0 Å². The number of aromatic hydroxyl groups is 1. The number of carbonyl (C=O) groups excluding carboxylic acids is 1. The molecule has 0 amide bonds. The summed E-state index contributed by atoms with van der Waals surface area (Å²) in [7, 11) is 0. The molecule has 1 aromatic rings. The van der Waals surface area contributed by atoms with Crippen LogP contribution in [0, 0.1) is 5.92 Å². The predicted octanol–water partition coefficient (Wildman–Crippen LogP) is 2.12. The van der Waals surface area contributed by atoms with Crippen molar-refractivity contribution in [3.05, 3.63) is 22.1 Å². The van der Waals surface area contributed by atoms with E-state index >= 15 is 0 Å². The second-order valence-electron chi connectivity index (χ2n) is 5.30. The average Bonchev–Trinajstić information content (AvgIpc) is 2.41. The van der Waals surface area contributed by atoms with Gasteiger partial charge in [0, 0.05) is 13.5 Å². The molecule has 104 valence electrons. The molecule has 0 radical (unpaired) electrons. The molecular weight excluding hydrogens is 244 g/mol. The summed E-state index contributed by atoms with van der Waals surface area (Å²) in [5.41, 5.74) is -0.856. The highest BCUT2D eigenvalue weighted by molar-refractivity contribution is 5.92. The molecule has 5 heteroatoms. The van der Waals surface area contributed by atoms with Gasteiger partial charge in [0.25, 0.3) is 5.43 Å². The Morgan fingerprint density at radius 3 is 2.74 bits per heavy atom. The van der Waals surface area contributed by atoms with E-state index in [1.54, 1.807) is 0 Å². The van der Waals surface area contributed by atoms with Gasteiger partial charge in [-0.25, -0.2) is 0 Å². The van der Waals surface area contributed by atoms with Crippen LogP contribution in [0.4, 0.5) is 0 Å². The summed E-state index contributed by atoms with van der Waals surface area (Å²) in [6.45, 7) is 1.92. The van der Waals surface area contributed by atoms with E-state index in [-0.39, 0.29) is 5.69 Å². The van der Waals surface area contributed by atoms with Crippen LogP contribution in [-0.2, 0) is 6.54 Å². The molecule has 1 N–H and O–H groups in total. The molecule has 1 aliphatic carbocycles. The van der Waals surface area contributed by atoms with E-state index in [1.165, 1.54) is 49.9 Å². The van der Waals surface area contributed by atoms with Gasteiger partial charge in [-0.2, -0.15) is 5.10 Å². The largest absolute Gasteiger partial charge is 0.503 e. The SMILES string of the molecule is CC(=O)c1nn(CCC2CCCCC2)cc(O)c1=O. The number of nitrogens with zero attached hydrogens (tertiary/aromatic N) is 2. The molecule has 2 rings (SSSR count). The third kappa shape index (κ3) is 3.43. The topological polar surface area (TPSA) is 72.2 Å². The van der Waals surface area contributed by atoms with E-state index in [9.17, 15) is 14.7 Å². The van der Waals surface area contributed by atoms with E-state index in [0.717, 1.165) is 6.42 Å². The number of aromatic nitrogens is 2. The lowest BCUT2D eigenvalue weighted by Crippen LogP contribution is -2.21. The van der Waals surface area contributed by atoms with Crippen LogP contribution in [0.5, 0.6) is 5.75 Å². The lowest BCUT2D eigenvalue weighted by molar-refractivity contribution is 0.100. The summed E-state index contributed by atoms with van der Waals surface area (Å²) >= 11 is 0. The maximum atomic E-state index is 11.5. The first kappa shape index (κ1) is 13.8. The molecule has 1 fully saturated rings. The van der Waals surface area contributed by atoms with E-state index in [0.29, 0.717) is 12.5 Å². The van der Waals surface area contributed by atoms with Gasteiger partial charge in [-0.1, -0.05) is 32.1 Å². The van der Waals surface area contributed by atoms with Crippen LogP contribution >= 0.6 is 0 Å². The Morgan fingerprint density at radius 2 is 2.11 bits per heavy atom. The van der Waals surface area contributed by atoms with Gasteiger partial charge in [0.1, 0.15) is 0 Å². The first-order chi connectivity index (χ1) is 9.08. The Hall–Kier alpha value is -1.65. The van der Waals surface area contributed by atoms with Crippen molar-refractivity contribution in [2.24, 2.45) is 5.92 Å². The van der Waals surface area contributed by atoms with Gasteiger partial charge in [-0.3, -0.25) is 14.3 Å². The molecule has 0 bridgehead atoms. The van der Waals surface area contributed by atoms with Crippen molar-refractivity contribution in [3.8, 4) is 5.75 Å². The zero-order chi connectivity index (χ0) is 13.8. The van der Waals surface area contributed by atoms with Gasteiger partial charge in [0.2, 0.25) is 0 Å². The smallest absolute Gasteiger partial charge is 0.252 e. The molecule has 0 unspecified atom stereocenters. The van der Waals surface area contributed by atoms with Gasteiger partial charge >= 0.3 is 0 Å². The van der Waals surface area contributed by atoms with Gasteiger partial charge in [-0.05, 0) is 12.3 Å². The number of Topliss-reactive ketones (excluding diaryl/α,β-unsaturated/α-hetero) is 1. The fraction of sp³-hybridized carbons (Fsp3) is 0.643. The van der Waals surface area contributed by atoms with Crippen molar-refractivity contribution in [2.45, 2.75) is 52.0 Å². The summed E-state index contributed by atoms with van der Waals surface area (Å²) in [5.74, 6) is -0.117. The van der Waals surface area contributed by atoms with Crippen LogP contribution in [0.1, 0.15) is 55.9 Å². The molecule has 1 aromatic heterocycles. The summed E-state index contributed by atoms with van der Waals surface area (Å²) in [4.78, 5) is 22.8. The number of rotatable bonds is 4. The molecule has 1 aliphatic rings. The minimum Gasteiger partial charge on any atom is -0.503 e. The fourth-order valence-corrected chi connectivity index (χ4v) is 2.66. The molecule has 5 nitrogen and oxygen atoms in total. The van der Waals surface area contributed by atoms with Crippen molar-refractivity contribution in [3.63, 3.8) is 0 Å². The first-order valence-electron chi connectivity index (χ1n) is 6.89. The van der Waals surface area contributed by atoms with Crippen molar-refractivity contribution in [1.29, 1.82) is 0 Å². The van der Waals surface area contributed by atoms with E-state index in [2.05, 4.69) is 5.10 Å². The van der Waals surface area contributed by atoms with E-state index < -0.39 is 17.0 Å². The molecule has 0 atom stereocenters. The first-order valence-corrected chi connectivity index (χ1v) is 6.89. The third-order valence-electron chi connectivity index (χ3n) is 3.77. The Morgan fingerprint density at radius 1 is 1.42 bits per heavy atom. The van der Waals surface area contributed by atoms with Crippen LogP contribution in [0.2, 0.25) is 0 Å². The van der Waals surface area contributed by atoms with Crippen molar-refractivity contribution < 1.29 is 9.90 Å². The maximum Gasteiger partial charge on any atom is 0.252 e. The Labute approximate surface area is 112 Å². The molecule has 1 heterocycles. The standard InChI is InChI=1S/C14H20N2O3/c1-10(17)13-14(19)12(18)9-16(15-13)8-7-11-5-3-2-4-6-11/h9,11,18H,2-8H2,1H3. The van der Waals surface area contributed by atoms with Crippen molar-refractivity contribution in [2.75, 3.05) is 0 Å². The summed E-state index contributed by atoms with van der Waals surface area (Å²) in [5, 5.41) is 13.6. The number of hydrogen-bond donors (Lipinski definition) is 1. The van der Waals surface area contributed by atoms with Gasteiger partial charge in [0.05, 0.1) is 6.20 Å². The minimum atomic E-state index is -0.679. The number of carbonyl (C=O) groups is 1. The summed E-state index contributed by atoms with van der Waals surface area (Å²) in [6, 6.07) is 0. The second-order valence-corrected chi connectivity index (χ2v) is 5.30. The lowest BCUT2D eigenvalue weighted by atomic mass is 9.87. The second kappa shape index (κ2) is 5.99. The average molecular weight is 264 g/mol. The normalized spacial score (nSPS) is 16.5.